The molecule has 1 aromatic rings. The van der Waals surface area contributed by atoms with Crippen LogP contribution in [-0.2, 0) is 6.42 Å². The number of aryl methyl sites for hydroxylation is 1. The smallest absolute Gasteiger partial charge is 0.0849 e. The number of rotatable bonds is 4. The minimum atomic E-state index is -0.334. The fourth-order valence-corrected chi connectivity index (χ4v) is 4.59. The third-order valence-corrected chi connectivity index (χ3v) is 6.22. The summed E-state index contributed by atoms with van der Waals surface area (Å²) in [7, 11) is 0. The van der Waals surface area contributed by atoms with Crippen LogP contribution in [0.5, 0.6) is 0 Å². The quantitative estimate of drug-likeness (QED) is 0.622. The van der Waals surface area contributed by atoms with Crippen molar-refractivity contribution in [1.29, 1.82) is 0 Å². The van der Waals surface area contributed by atoms with Gasteiger partial charge in [0.2, 0.25) is 0 Å². The van der Waals surface area contributed by atoms with Gasteiger partial charge in [-0.25, -0.2) is 0 Å². The molecule has 0 aromatic heterocycles. The molecule has 0 radical (unpaired) electrons. The van der Waals surface area contributed by atoms with Crippen LogP contribution in [0.4, 0.5) is 0 Å². The summed E-state index contributed by atoms with van der Waals surface area (Å²) in [6, 6.07) is 6.31. The third kappa shape index (κ3) is 4.57. The summed E-state index contributed by atoms with van der Waals surface area (Å²) < 4.78 is 1.10. The molecule has 142 valence electrons. The van der Waals surface area contributed by atoms with E-state index in [4.69, 9.17) is 0 Å². The Hall–Kier alpha value is -1.16. The highest BCUT2D eigenvalue weighted by Gasteiger charge is 2.44. The Morgan fingerprint density at radius 1 is 1.27 bits per heavy atom. The SMILES string of the molecule is C=C/C=C(\C=C)CN1CCC2(CCc3cc(Br)ccc3C2O)CC1.CC. The molecule has 1 aromatic carbocycles. The van der Waals surface area contributed by atoms with Crippen LogP contribution >= 0.6 is 15.9 Å². The fraction of sp³-hybridized carbons (Fsp3) is 0.478. The average molecular weight is 418 g/mol. The minimum Gasteiger partial charge on any atom is -0.388 e. The van der Waals surface area contributed by atoms with E-state index in [9.17, 15) is 5.11 Å². The first-order chi connectivity index (χ1) is 12.6. The van der Waals surface area contributed by atoms with E-state index in [1.807, 2.05) is 38.1 Å². The zero-order valence-corrected chi connectivity index (χ0v) is 17.8. The number of piperidine rings is 1. The molecule has 0 bridgehead atoms. The van der Waals surface area contributed by atoms with Gasteiger partial charge in [0.25, 0.3) is 0 Å². The number of hydrogen-bond acceptors (Lipinski definition) is 2. The molecule has 2 nitrogen and oxygen atoms in total. The Balaban J connectivity index is 0.00000117. The Morgan fingerprint density at radius 3 is 2.58 bits per heavy atom. The molecular weight excluding hydrogens is 386 g/mol. The summed E-state index contributed by atoms with van der Waals surface area (Å²) in [4.78, 5) is 2.46. The van der Waals surface area contributed by atoms with Gasteiger partial charge in [-0.05, 0) is 67.6 Å². The zero-order valence-electron chi connectivity index (χ0n) is 16.2. The summed E-state index contributed by atoms with van der Waals surface area (Å²) in [5.74, 6) is 0. The molecule has 1 aliphatic carbocycles. The van der Waals surface area contributed by atoms with Crippen molar-refractivity contribution in [2.24, 2.45) is 5.41 Å². The van der Waals surface area contributed by atoms with E-state index in [1.165, 1.54) is 11.1 Å². The maximum atomic E-state index is 11.1. The van der Waals surface area contributed by atoms with Gasteiger partial charge < -0.3 is 5.11 Å². The zero-order chi connectivity index (χ0) is 19.2. The average Bonchev–Trinajstić information content (AvgIpc) is 2.68. The van der Waals surface area contributed by atoms with Gasteiger partial charge in [-0.15, -0.1) is 0 Å². The second-order valence-electron chi connectivity index (χ2n) is 7.07. The van der Waals surface area contributed by atoms with E-state index in [-0.39, 0.29) is 11.5 Å². The van der Waals surface area contributed by atoms with Gasteiger partial charge in [-0.2, -0.15) is 0 Å². The van der Waals surface area contributed by atoms with Crippen molar-refractivity contribution in [2.45, 2.75) is 45.6 Å². The van der Waals surface area contributed by atoms with Crippen molar-refractivity contribution in [3.05, 3.63) is 70.8 Å². The van der Waals surface area contributed by atoms with Crippen LogP contribution in [0.1, 0.15) is 50.3 Å². The first-order valence-electron chi connectivity index (χ1n) is 9.71. The van der Waals surface area contributed by atoms with Crippen LogP contribution in [0.3, 0.4) is 0 Å². The van der Waals surface area contributed by atoms with Gasteiger partial charge in [0, 0.05) is 16.4 Å². The number of nitrogens with zero attached hydrogens (tertiary/aromatic N) is 1. The Bertz CT molecular complexity index is 656. The molecule has 0 saturated carbocycles. The van der Waals surface area contributed by atoms with Crippen molar-refractivity contribution in [3.8, 4) is 0 Å². The molecule has 1 aliphatic heterocycles. The van der Waals surface area contributed by atoms with Crippen LogP contribution in [0, 0.1) is 5.41 Å². The molecule has 1 fully saturated rings. The van der Waals surface area contributed by atoms with Gasteiger partial charge in [0.05, 0.1) is 6.10 Å². The first kappa shape index (κ1) is 21.1. The number of allylic oxidation sites excluding steroid dienone is 2. The summed E-state index contributed by atoms with van der Waals surface area (Å²) in [5, 5.41) is 11.1. The van der Waals surface area contributed by atoms with E-state index < -0.39 is 0 Å². The number of hydrogen-bond donors (Lipinski definition) is 1. The van der Waals surface area contributed by atoms with E-state index in [0.717, 1.165) is 55.4 Å². The van der Waals surface area contributed by atoms with Crippen LogP contribution in [-0.4, -0.2) is 29.6 Å². The lowest BCUT2D eigenvalue weighted by Crippen LogP contribution is -2.45. The van der Waals surface area contributed by atoms with E-state index >= 15 is 0 Å². The van der Waals surface area contributed by atoms with Crippen molar-refractivity contribution >= 4 is 15.9 Å². The molecule has 3 rings (SSSR count). The Kier molecular flexibility index (Phi) is 7.87. The third-order valence-electron chi connectivity index (χ3n) is 5.72. The van der Waals surface area contributed by atoms with Gasteiger partial charge in [-0.1, -0.05) is 67.2 Å². The van der Waals surface area contributed by atoms with Crippen LogP contribution < -0.4 is 0 Å². The monoisotopic (exact) mass is 417 g/mol. The Labute approximate surface area is 167 Å². The van der Waals surface area contributed by atoms with Crippen LogP contribution in [0.25, 0.3) is 0 Å². The summed E-state index contributed by atoms with van der Waals surface area (Å²) in [5.41, 5.74) is 3.69. The molecule has 1 N–H and O–H groups in total. The number of benzene rings is 1. The molecular formula is C23H32BrNO. The highest BCUT2D eigenvalue weighted by Crippen LogP contribution is 2.50. The molecule has 1 unspecified atom stereocenters. The maximum absolute atomic E-state index is 11.1. The standard InChI is InChI=1S/C21H26BrNO.C2H6/c1-3-5-16(4-2)15-23-12-10-21(11-13-23)9-8-17-14-18(22)6-7-19(17)20(21)24;1-2/h3-7,14,20,24H,1-2,8-13,15H2;1-2H3/b16-5+;. The number of likely N-dealkylation sites (tertiary alicyclic amines) is 1. The largest absolute Gasteiger partial charge is 0.388 e. The predicted molar refractivity (Wildman–Crippen MR) is 115 cm³/mol. The highest BCUT2D eigenvalue weighted by molar-refractivity contribution is 9.10. The lowest BCUT2D eigenvalue weighted by Gasteiger charge is -2.48. The topological polar surface area (TPSA) is 23.5 Å². The summed E-state index contributed by atoms with van der Waals surface area (Å²) in [6.07, 6.45) is 9.70. The number of aliphatic hydroxyl groups is 1. The van der Waals surface area contributed by atoms with Gasteiger partial charge in [-0.3, -0.25) is 4.90 Å². The van der Waals surface area contributed by atoms with E-state index in [1.54, 1.807) is 0 Å². The maximum Gasteiger partial charge on any atom is 0.0849 e. The van der Waals surface area contributed by atoms with Crippen molar-refractivity contribution in [3.63, 3.8) is 0 Å². The molecule has 1 saturated heterocycles. The molecule has 0 amide bonds. The lowest BCUT2D eigenvalue weighted by atomic mass is 9.64. The van der Waals surface area contributed by atoms with E-state index in [0.29, 0.717) is 0 Å². The van der Waals surface area contributed by atoms with Crippen LogP contribution in [0.2, 0.25) is 0 Å². The predicted octanol–water partition coefficient (Wildman–Crippen LogP) is 5.84. The summed E-state index contributed by atoms with van der Waals surface area (Å²) >= 11 is 3.54. The van der Waals surface area contributed by atoms with Gasteiger partial charge in [0.15, 0.2) is 0 Å². The van der Waals surface area contributed by atoms with E-state index in [2.05, 4.69) is 46.1 Å². The van der Waals surface area contributed by atoms with Gasteiger partial charge >= 0.3 is 0 Å². The summed E-state index contributed by atoms with van der Waals surface area (Å²) in [6.45, 7) is 14.6. The van der Waals surface area contributed by atoms with Crippen molar-refractivity contribution in [2.75, 3.05) is 19.6 Å². The molecule has 1 heterocycles. The highest BCUT2D eigenvalue weighted by atomic mass is 79.9. The second kappa shape index (κ2) is 9.68. The first-order valence-corrected chi connectivity index (χ1v) is 10.5. The van der Waals surface area contributed by atoms with Crippen molar-refractivity contribution in [1.82, 2.24) is 4.90 Å². The number of halogens is 1. The second-order valence-corrected chi connectivity index (χ2v) is 7.98. The molecule has 3 heteroatoms. The molecule has 1 spiro atoms. The number of aliphatic hydroxyl groups excluding tert-OH is 1. The molecule has 1 atom stereocenters. The lowest BCUT2D eigenvalue weighted by molar-refractivity contribution is -0.0374. The fourth-order valence-electron chi connectivity index (χ4n) is 4.18. The number of fused-ring (bicyclic) bond motifs is 1. The van der Waals surface area contributed by atoms with Crippen molar-refractivity contribution < 1.29 is 5.11 Å². The van der Waals surface area contributed by atoms with Crippen LogP contribution in [0.15, 0.2) is 59.6 Å². The molecule has 2 aliphatic rings. The molecule has 26 heavy (non-hydrogen) atoms. The van der Waals surface area contributed by atoms with Gasteiger partial charge in [0.1, 0.15) is 0 Å². The Morgan fingerprint density at radius 2 is 1.96 bits per heavy atom. The minimum absolute atomic E-state index is 0.0494. The normalized spacial score (nSPS) is 22.2.